The summed E-state index contributed by atoms with van der Waals surface area (Å²) in [5, 5.41) is 3.40. The number of aryl methyl sites for hydroxylation is 2. The molecule has 1 unspecified atom stereocenters. The van der Waals surface area contributed by atoms with E-state index >= 15 is 0 Å². The van der Waals surface area contributed by atoms with Gasteiger partial charge >= 0.3 is 0 Å². The van der Waals surface area contributed by atoms with Crippen LogP contribution in [0.5, 0.6) is 0 Å². The molecule has 0 amide bonds. The van der Waals surface area contributed by atoms with Crippen molar-refractivity contribution in [2.75, 3.05) is 18.2 Å². The molecule has 1 N–H and O–H groups in total. The summed E-state index contributed by atoms with van der Waals surface area (Å²) in [6.07, 6.45) is 4.48. The van der Waals surface area contributed by atoms with E-state index in [1.807, 2.05) is 55.2 Å². The molecule has 162 valence electrons. The first-order valence-corrected chi connectivity index (χ1v) is 11.8. The average Bonchev–Trinajstić information content (AvgIpc) is 3.26. The molecule has 6 nitrogen and oxygen atoms in total. The highest BCUT2D eigenvalue weighted by Crippen LogP contribution is 2.34. The smallest absolute Gasteiger partial charge is 0.227 e. The first kappa shape index (κ1) is 20.7. The molecule has 0 radical (unpaired) electrons. The lowest BCUT2D eigenvalue weighted by Crippen LogP contribution is -2.17. The number of nitrogens with one attached hydrogen (secondary N) is 1. The quantitative estimate of drug-likeness (QED) is 0.440. The summed E-state index contributed by atoms with van der Waals surface area (Å²) in [5.41, 5.74) is 6.37. The Bertz CT molecular complexity index is 1210. The van der Waals surface area contributed by atoms with Gasteiger partial charge in [-0.05, 0) is 48.9 Å². The van der Waals surface area contributed by atoms with Crippen LogP contribution in [0.3, 0.4) is 0 Å². The van der Waals surface area contributed by atoms with E-state index in [9.17, 15) is 0 Å². The standard InChI is InChI=1S/C25H25N5OS/c1-17-26-13-14-30(17)20-10-8-19(9-11-20)27-25-28-22-12-15-32-16-21(22)23(29-25)24(31-2)18-6-4-3-5-7-18/h3-11,13-14,24H,12,15-16H2,1-2H3,(H,27,28,29). The van der Waals surface area contributed by atoms with E-state index in [0.717, 1.165) is 52.1 Å². The van der Waals surface area contributed by atoms with E-state index in [0.29, 0.717) is 5.95 Å². The molecular weight excluding hydrogens is 418 g/mol. The van der Waals surface area contributed by atoms with Gasteiger partial charge in [0.25, 0.3) is 0 Å². The number of thioether (sulfide) groups is 1. The Morgan fingerprint density at radius 1 is 1.06 bits per heavy atom. The van der Waals surface area contributed by atoms with Crippen LogP contribution < -0.4 is 5.32 Å². The van der Waals surface area contributed by atoms with Gasteiger partial charge in [0.1, 0.15) is 11.9 Å². The number of anilines is 2. The molecule has 4 aromatic rings. The van der Waals surface area contributed by atoms with Crippen LogP contribution in [-0.2, 0) is 16.9 Å². The van der Waals surface area contributed by atoms with Gasteiger partial charge in [0.2, 0.25) is 5.95 Å². The van der Waals surface area contributed by atoms with Gasteiger partial charge in [-0.3, -0.25) is 0 Å². The highest BCUT2D eigenvalue weighted by molar-refractivity contribution is 7.98. The first-order chi connectivity index (χ1) is 15.7. The Morgan fingerprint density at radius 2 is 1.88 bits per heavy atom. The van der Waals surface area contributed by atoms with Crippen molar-refractivity contribution in [2.24, 2.45) is 0 Å². The van der Waals surface area contributed by atoms with Gasteiger partial charge in [-0.1, -0.05) is 30.3 Å². The third-order valence-corrected chi connectivity index (χ3v) is 6.65. The van der Waals surface area contributed by atoms with Crippen LogP contribution in [0.2, 0.25) is 0 Å². The van der Waals surface area contributed by atoms with Crippen molar-refractivity contribution >= 4 is 23.4 Å². The minimum atomic E-state index is -0.223. The van der Waals surface area contributed by atoms with Crippen molar-refractivity contribution in [3.8, 4) is 5.69 Å². The number of hydrogen-bond donors (Lipinski definition) is 1. The zero-order valence-electron chi connectivity index (χ0n) is 18.2. The van der Waals surface area contributed by atoms with Crippen LogP contribution in [0, 0.1) is 6.92 Å². The minimum absolute atomic E-state index is 0.223. The third-order valence-electron chi connectivity index (χ3n) is 5.67. The molecule has 0 saturated carbocycles. The predicted molar refractivity (Wildman–Crippen MR) is 129 cm³/mol. The Morgan fingerprint density at radius 3 is 2.59 bits per heavy atom. The fourth-order valence-electron chi connectivity index (χ4n) is 4.05. The number of rotatable bonds is 6. The zero-order chi connectivity index (χ0) is 21.9. The molecule has 0 saturated heterocycles. The summed E-state index contributed by atoms with van der Waals surface area (Å²) >= 11 is 1.92. The number of aromatic nitrogens is 4. The summed E-state index contributed by atoms with van der Waals surface area (Å²) in [7, 11) is 1.74. The van der Waals surface area contributed by atoms with Gasteiger partial charge in [0.05, 0.1) is 11.4 Å². The van der Waals surface area contributed by atoms with Gasteiger partial charge in [-0.2, -0.15) is 11.8 Å². The van der Waals surface area contributed by atoms with E-state index in [-0.39, 0.29) is 6.10 Å². The molecular formula is C25H25N5OS. The van der Waals surface area contributed by atoms with Gasteiger partial charge in [0, 0.05) is 42.2 Å². The Balaban J connectivity index is 1.48. The minimum Gasteiger partial charge on any atom is -0.370 e. The molecule has 0 fully saturated rings. The number of imidazole rings is 1. The monoisotopic (exact) mass is 443 g/mol. The second kappa shape index (κ2) is 9.14. The number of hydrogen-bond acceptors (Lipinski definition) is 6. The van der Waals surface area contributed by atoms with Crippen LogP contribution >= 0.6 is 11.8 Å². The predicted octanol–water partition coefficient (Wildman–Crippen LogP) is 5.24. The molecule has 1 atom stereocenters. The lowest BCUT2D eigenvalue weighted by atomic mass is 10.0. The van der Waals surface area contributed by atoms with Crippen LogP contribution in [0.4, 0.5) is 11.6 Å². The summed E-state index contributed by atoms with van der Waals surface area (Å²) in [5.74, 6) is 3.55. The van der Waals surface area contributed by atoms with Crippen LogP contribution in [0.1, 0.15) is 34.4 Å². The third kappa shape index (κ3) is 4.13. The molecule has 5 rings (SSSR count). The summed E-state index contributed by atoms with van der Waals surface area (Å²) in [6.45, 7) is 1.99. The Labute approximate surface area is 192 Å². The van der Waals surface area contributed by atoms with Crippen LogP contribution in [0.25, 0.3) is 5.69 Å². The normalized spacial score (nSPS) is 14.1. The fraction of sp³-hybridized carbons (Fsp3) is 0.240. The highest BCUT2D eigenvalue weighted by atomic mass is 32.2. The summed E-state index contributed by atoms with van der Waals surface area (Å²) in [6, 6.07) is 18.5. The molecule has 7 heteroatoms. The average molecular weight is 444 g/mol. The molecule has 0 bridgehead atoms. The lowest BCUT2D eigenvalue weighted by molar-refractivity contribution is 0.132. The zero-order valence-corrected chi connectivity index (χ0v) is 19.0. The Kier molecular flexibility index (Phi) is 5.92. The molecule has 2 aromatic heterocycles. The fourth-order valence-corrected chi connectivity index (χ4v) is 5.05. The van der Waals surface area contributed by atoms with Gasteiger partial charge in [-0.15, -0.1) is 0 Å². The number of methoxy groups -OCH3 is 1. The summed E-state index contributed by atoms with van der Waals surface area (Å²) < 4.78 is 7.98. The molecule has 1 aliphatic rings. The van der Waals surface area contributed by atoms with E-state index in [1.165, 1.54) is 5.56 Å². The van der Waals surface area contributed by atoms with Crippen molar-refractivity contribution in [1.82, 2.24) is 19.5 Å². The molecule has 1 aliphatic heterocycles. The van der Waals surface area contributed by atoms with Crippen molar-refractivity contribution in [1.29, 1.82) is 0 Å². The number of fused-ring (bicyclic) bond motifs is 1. The number of benzene rings is 2. The molecule has 0 aliphatic carbocycles. The lowest BCUT2D eigenvalue weighted by Gasteiger charge is -2.24. The highest BCUT2D eigenvalue weighted by Gasteiger charge is 2.25. The maximum atomic E-state index is 5.93. The van der Waals surface area contributed by atoms with Crippen LogP contribution in [0.15, 0.2) is 67.0 Å². The van der Waals surface area contributed by atoms with Crippen LogP contribution in [-0.4, -0.2) is 32.4 Å². The SMILES string of the molecule is COC(c1ccccc1)c1nc(Nc2ccc(-n3ccnc3C)cc2)nc2c1CSCC2. The molecule has 3 heterocycles. The van der Waals surface area contributed by atoms with E-state index < -0.39 is 0 Å². The molecule has 2 aromatic carbocycles. The van der Waals surface area contributed by atoms with Gasteiger partial charge in [-0.25, -0.2) is 15.0 Å². The van der Waals surface area contributed by atoms with Gasteiger partial charge < -0.3 is 14.6 Å². The van der Waals surface area contributed by atoms with Crippen molar-refractivity contribution < 1.29 is 4.74 Å². The second-order valence-corrected chi connectivity index (χ2v) is 8.81. The van der Waals surface area contributed by atoms with Crippen molar-refractivity contribution in [3.63, 3.8) is 0 Å². The van der Waals surface area contributed by atoms with E-state index in [1.54, 1.807) is 13.3 Å². The molecule has 32 heavy (non-hydrogen) atoms. The maximum absolute atomic E-state index is 5.93. The first-order valence-electron chi connectivity index (χ1n) is 10.7. The van der Waals surface area contributed by atoms with Crippen molar-refractivity contribution in [3.05, 3.63) is 95.3 Å². The number of ether oxygens (including phenoxy) is 1. The van der Waals surface area contributed by atoms with Crippen molar-refractivity contribution in [2.45, 2.75) is 25.2 Å². The van der Waals surface area contributed by atoms with Gasteiger partial charge in [0.15, 0.2) is 0 Å². The van der Waals surface area contributed by atoms with E-state index in [4.69, 9.17) is 14.7 Å². The topological polar surface area (TPSA) is 64.9 Å². The number of nitrogens with zero attached hydrogens (tertiary/aromatic N) is 4. The maximum Gasteiger partial charge on any atom is 0.227 e. The molecule has 0 spiro atoms. The summed E-state index contributed by atoms with van der Waals surface area (Å²) in [4.78, 5) is 14.1. The Hall–Kier alpha value is -3.16. The largest absolute Gasteiger partial charge is 0.370 e. The second-order valence-electron chi connectivity index (χ2n) is 7.70. The van der Waals surface area contributed by atoms with E-state index in [2.05, 4.69) is 39.1 Å².